The Hall–Kier alpha value is -0.480. The van der Waals surface area contributed by atoms with Crippen molar-refractivity contribution in [1.82, 2.24) is 4.98 Å². The van der Waals surface area contributed by atoms with E-state index in [1.165, 1.54) is 25.0 Å². The quantitative estimate of drug-likeness (QED) is 0.858. The van der Waals surface area contributed by atoms with Crippen molar-refractivity contribution in [3.05, 3.63) is 17.8 Å². The number of oxazole rings is 1. The van der Waals surface area contributed by atoms with Gasteiger partial charge >= 0.3 is 0 Å². The Kier molecular flexibility index (Phi) is 4.72. The Labute approximate surface area is 101 Å². The number of hydrogen-bond donors (Lipinski definition) is 1. The fourth-order valence-electron chi connectivity index (χ4n) is 2.00. The highest BCUT2D eigenvalue weighted by Gasteiger charge is 2.16. The van der Waals surface area contributed by atoms with Crippen LogP contribution in [-0.2, 0) is 12.8 Å². The first-order chi connectivity index (χ1) is 7.88. The van der Waals surface area contributed by atoms with E-state index in [9.17, 15) is 0 Å². The van der Waals surface area contributed by atoms with Crippen LogP contribution in [0.15, 0.2) is 10.6 Å². The van der Waals surface area contributed by atoms with Crippen LogP contribution in [-0.4, -0.2) is 22.5 Å². The van der Waals surface area contributed by atoms with Crippen molar-refractivity contribution in [2.45, 2.75) is 43.8 Å². The summed E-state index contributed by atoms with van der Waals surface area (Å²) in [5.41, 5.74) is 5.47. The Morgan fingerprint density at radius 2 is 2.44 bits per heavy atom. The molecular weight excluding hydrogens is 220 g/mol. The summed E-state index contributed by atoms with van der Waals surface area (Å²) in [4.78, 5) is 4.34. The molecule has 0 bridgehead atoms. The number of thioether (sulfide) groups is 1. The normalized spacial score (nSPS) is 21.2. The van der Waals surface area contributed by atoms with Crippen LogP contribution < -0.4 is 5.73 Å². The Balaban J connectivity index is 1.81. The summed E-state index contributed by atoms with van der Waals surface area (Å²) >= 11 is 2.07. The van der Waals surface area contributed by atoms with Crippen LogP contribution in [0.2, 0.25) is 0 Å². The maximum Gasteiger partial charge on any atom is 0.195 e. The molecule has 0 amide bonds. The Morgan fingerprint density at radius 3 is 3.19 bits per heavy atom. The number of aryl methyl sites for hydroxylation is 1. The molecule has 3 nitrogen and oxygen atoms in total. The first-order valence-corrected chi connectivity index (χ1v) is 7.18. The van der Waals surface area contributed by atoms with Gasteiger partial charge in [-0.2, -0.15) is 11.8 Å². The molecule has 1 aliphatic heterocycles. The van der Waals surface area contributed by atoms with Crippen LogP contribution in [0.5, 0.6) is 0 Å². The fraction of sp³-hybridized carbons (Fsp3) is 0.750. The van der Waals surface area contributed by atoms with Crippen LogP contribution in [0.25, 0.3) is 0 Å². The molecule has 0 aromatic carbocycles. The van der Waals surface area contributed by atoms with E-state index in [0.29, 0.717) is 6.54 Å². The third-order valence-corrected chi connectivity index (χ3v) is 4.30. The molecule has 0 aliphatic carbocycles. The topological polar surface area (TPSA) is 52.0 Å². The van der Waals surface area contributed by atoms with Gasteiger partial charge in [0, 0.05) is 18.1 Å². The van der Waals surface area contributed by atoms with Crippen molar-refractivity contribution in [3.8, 4) is 0 Å². The van der Waals surface area contributed by atoms with Gasteiger partial charge in [-0.15, -0.1) is 0 Å². The molecule has 0 radical (unpaired) electrons. The van der Waals surface area contributed by atoms with Gasteiger partial charge in [0.1, 0.15) is 5.76 Å². The average Bonchev–Trinajstić information content (AvgIpc) is 2.75. The second-order valence-corrected chi connectivity index (χ2v) is 5.71. The zero-order valence-electron chi connectivity index (χ0n) is 9.65. The standard InChI is InChI=1S/C12H20N2OS/c13-6-3-4-10-9-14-12(15-10)8-11-5-1-2-7-16-11/h9,11H,1-8,13H2. The molecule has 0 saturated carbocycles. The highest BCUT2D eigenvalue weighted by Crippen LogP contribution is 2.27. The van der Waals surface area contributed by atoms with Crippen LogP contribution >= 0.6 is 11.8 Å². The lowest BCUT2D eigenvalue weighted by Gasteiger charge is -2.19. The molecule has 1 aromatic rings. The van der Waals surface area contributed by atoms with E-state index in [4.69, 9.17) is 10.2 Å². The van der Waals surface area contributed by atoms with Gasteiger partial charge in [-0.1, -0.05) is 6.42 Å². The van der Waals surface area contributed by atoms with Gasteiger partial charge in [0.2, 0.25) is 0 Å². The van der Waals surface area contributed by atoms with E-state index >= 15 is 0 Å². The van der Waals surface area contributed by atoms with Crippen LogP contribution in [0.1, 0.15) is 37.3 Å². The second kappa shape index (κ2) is 6.30. The Bertz CT molecular complexity index is 308. The predicted molar refractivity (Wildman–Crippen MR) is 67.7 cm³/mol. The van der Waals surface area contributed by atoms with E-state index in [1.807, 2.05) is 6.20 Å². The number of nitrogens with zero attached hydrogens (tertiary/aromatic N) is 1. The summed E-state index contributed by atoms with van der Waals surface area (Å²) in [6.07, 6.45) is 8.79. The van der Waals surface area contributed by atoms with Gasteiger partial charge in [0.25, 0.3) is 0 Å². The lowest BCUT2D eigenvalue weighted by molar-refractivity contribution is 0.443. The summed E-state index contributed by atoms with van der Waals surface area (Å²) in [7, 11) is 0. The van der Waals surface area contributed by atoms with Gasteiger partial charge in [-0.25, -0.2) is 4.98 Å². The molecule has 2 N–H and O–H groups in total. The molecule has 4 heteroatoms. The summed E-state index contributed by atoms with van der Waals surface area (Å²) < 4.78 is 5.71. The smallest absolute Gasteiger partial charge is 0.195 e. The number of aromatic nitrogens is 1. The zero-order chi connectivity index (χ0) is 11.2. The zero-order valence-corrected chi connectivity index (χ0v) is 10.5. The minimum absolute atomic E-state index is 0.717. The van der Waals surface area contributed by atoms with E-state index in [-0.39, 0.29) is 0 Å². The highest BCUT2D eigenvalue weighted by atomic mass is 32.2. The van der Waals surface area contributed by atoms with Crippen LogP contribution in [0.3, 0.4) is 0 Å². The molecule has 1 unspecified atom stereocenters. The van der Waals surface area contributed by atoms with Gasteiger partial charge in [0.05, 0.1) is 6.20 Å². The van der Waals surface area contributed by atoms with Crippen molar-refractivity contribution >= 4 is 11.8 Å². The maximum absolute atomic E-state index is 5.71. The lowest BCUT2D eigenvalue weighted by atomic mass is 10.1. The Morgan fingerprint density at radius 1 is 1.50 bits per heavy atom. The van der Waals surface area contributed by atoms with E-state index in [1.54, 1.807) is 0 Å². The third-order valence-electron chi connectivity index (χ3n) is 2.91. The second-order valence-electron chi connectivity index (χ2n) is 4.31. The third kappa shape index (κ3) is 3.52. The monoisotopic (exact) mass is 240 g/mol. The van der Waals surface area contributed by atoms with Crippen molar-refractivity contribution in [3.63, 3.8) is 0 Å². The first-order valence-electron chi connectivity index (χ1n) is 6.13. The SMILES string of the molecule is NCCCc1cnc(CC2CCCCS2)o1. The molecule has 90 valence electrons. The van der Waals surface area contributed by atoms with Gasteiger partial charge in [0.15, 0.2) is 5.89 Å². The van der Waals surface area contributed by atoms with Crippen LogP contribution in [0, 0.1) is 0 Å². The fourth-order valence-corrected chi connectivity index (χ4v) is 3.30. The molecule has 2 rings (SSSR count). The predicted octanol–water partition coefficient (Wildman–Crippen LogP) is 2.39. The van der Waals surface area contributed by atoms with Crippen molar-refractivity contribution in [2.24, 2.45) is 5.73 Å². The molecule has 1 aliphatic rings. The molecule has 0 spiro atoms. The summed E-state index contributed by atoms with van der Waals surface area (Å²) in [5, 5.41) is 0.717. The summed E-state index contributed by atoms with van der Waals surface area (Å²) in [6.45, 7) is 0.717. The molecule has 1 aromatic heterocycles. The van der Waals surface area contributed by atoms with Crippen molar-refractivity contribution < 1.29 is 4.42 Å². The molecule has 1 atom stereocenters. The van der Waals surface area contributed by atoms with Crippen molar-refractivity contribution in [1.29, 1.82) is 0 Å². The minimum atomic E-state index is 0.717. The van der Waals surface area contributed by atoms with Gasteiger partial charge < -0.3 is 10.2 Å². The van der Waals surface area contributed by atoms with Gasteiger partial charge in [-0.3, -0.25) is 0 Å². The van der Waals surface area contributed by atoms with Gasteiger partial charge in [-0.05, 0) is 31.6 Å². The molecular formula is C12H20N2OS. The van der Waals surface area contributed by atoms with E-state index in [0.717, 1.165) is 36.2 Å². The average molecular weight is 240 g/mol. The number of hydrogen-bond acceptors (Lipinski definition) is 4. The first kappa shape index (κ1) is 12.0. The summed E-state index contributed by atoms with van der Waals surface area (Å²) in [6, 6.07) is 0. The molecule has 1 saturated heterocycles. The number of rotatable bonds is 5. The van der Waals surface area contributed by atoms with E-state index in [2.05, 4.69) is 16.7 Å². The van der Waals surface area contributed by atoms with E-state index < -0.39 is 0 Å². The summed E-state index contributed by atoms with van der Waals surface area (Å²) in [5.74, 6) is 3.19. The minimum Gasteiger partial charge on any atom is -0.446 e. The largest absolute Gasteiger partial charge is 0.446 e. The van der Waals surface area contributed by atoms with Crippen molar-refractivity contribution in [2.75, 3.05) is 12.3 Å². The van der Waals surface area contributed by atoms with Crippen LogP contribution in [0.4, 0.5) is 0 Å². The highest BCUT2D eigenvalue weighted by molar-refractivity contribution is 7.99. The molecule has 1 fully saturated rings. The molecule has 16 heavy (non-hydrogen) atoms. The maximum atomic E-state index is 5.71. The molecule has 2 heterocycles. The lowest BCUT2D eigenvalue weighted by Crippen LogP contribution is -2.12. The number of nitrogens with two attached hydrogens (primary N) is 1.